The van der Waals surface area contributed by atoms with E-state index in [2.05, 4.69) is 9.72 Å². The van der Waals surface area contributed by atoms with Crippen LogP contribution in [0, 0.1) is 7.14 Å². The van der Waals surface area contributed by atoms with Gasteiger partial charge in [-0.05, 0) is 45.2 Å². The number of hydrogen-bond acceptors (Lipinski definition) is 3. The highest BCUT2D eigenvalue weighted by atomic mass is 127. The van der Waals surface area contributed by atoms with Gasteiger partial charge in [0.25, 0.3) is 5.88 Å². The van der Waals surface area contributed by atoms with Crippen LogP contribution in [0.25, 0.3) is 0 Å². The summed E-state index contributed by atoms with van der Waals surface area (Å²) in [6, 6.07) is 0. The fraction of sp³-hybridized carbons (Fsp3) is 0.167. The highest BCUT2D eigenvalue weighted by Crippen LogP contribution is 2.34. The molecule has 0 saturated carbocycles. The van der Waals surface area contributed by atoms with E-state index in [1.807, 2.05) is 22.6 Å². The summed E-state index contributed by atoms with van der Waals surface area (Å²) in [5.74, 6) is -1.43. The van der Waals surface area contributed by atoms with Crippen LogP contribution < -0.4 is 4.74 Å². The maximum absolute atomic E-state index is 11.8. The monoisotopic (exact) mass is 431 g/mol. The second-order valence-corrected chi connectivity index (χ2v) is 4.36. The molecule has 1 rings (SSSR count). The molecule has 0 amide bonds. The van der Waals surface area contributed by atoms with Crippen LogP contribution in [0.5, 0.6) is 11.6 Å². The van der Waals surface area contributed by atoms with Gasteiger partial charge in [-0.3, -0.25) is 0 Å². The minimum Gasteiger partial charge on any atom is -0.502 e. The Morgan fingerprint density at radius 1 is 1.36 bits per heavy atom. The van der Waals surface area contributed by atoms with E-state index in [9.17, 15) is 18.3 Å². The van der Waals surface area contributed by atoms with Gasteiger partial charge >= 0.3 is 6.36 Å². The zero-order valence-electron chi connectivity index (χ0n) is 6.27. The topological polar surface area (TPSA) is 42.4 Å². The van der Waals surface area contributed by atoms with Crippen LogP contribution in [0.1, 0.15) is 0 Å². The maximum Gasteiger partial charge on any atom is 0.574 e. The normalized spacial score (nSPS) is 11.5. The van der Waals surface area contributed by atoms with E-state index in [0.717, 1.165) is 0 Å². The van der Waals surface area contributed by atoms with E-state index in [1.165, 1.54) is 6.20 Å². The highest BCUT2D eigenvalue weighted by Gasteiger charge is 2.33. The van der Waals surface area contributed by atoms with Crippen LogP contribution in [0.2, 0.25) is 0 Å². The molecule has 0 aromatic carbocycles. The average Bonchev–Trinajstić information content (AvgIpc) is 2.04. The summed E-state index contributed by atoms with van der Waals surface area (Å²) in [6.45, 7) is 0. The summed E-state index contributed by atoms with van der Waals surface area (Å²) in [7, 11) is 0. The van der Waals surface area contributed by atoms with E-state index in [0.29, 0.717) is 3.57 Å². The van der Waals surface area contributed by atoms with Gasteiger partial charge in [-0.25, -0.2) is 4.98 Å². The van der Waals surface area contributed by atoms with E-state index in [1.54, 1.807) is 22.6 Å². The molecule has 0 aliphatic rings. The van der Waals surface area contributed by atoms with Crippen LogP contribution in [0.15, 0.2) is 6.20 Å². The number of aromatic nitrogens is 1. The Hall–Kier alpha value is -0.000000000000000111. The van der Waals surface area contributed by atoms with Gasteiger partial charge in [-0.1, -0.05) is 0 Å². The summed E-state index contributed by atoms with van der Waals surface area (Å²) in [5, 5.41) is 9.24. The van der Waals surface area contributed by atoms with Gasteiger partial charge < -0.3 is 9.84 Å². The molecule has 0 atom stereocenters. The van der Waals surface area contributed by atoms with Crippen molar-refractivity contribution in [2.24, 2.45) is 0 Å². The maximum atomic E-state index is 11.8. The Morgan fingerprint density at radius 2 is 1.93 bits per heavy atom. The third-order valence-electron chi connectivity index (χ3n) is 1.13. The smallest absolute Gasteiger partial charge is 0.502 e. The van der Waals surface area contributed by atoms with Crippen molar-refractivity contribution in [1.29, 1.82) is 0 Å². The number of pyridine rings is 1. The zero-order valence-corrected chi connectivity index (χ0v) is 10.6. The second-order valence-electron chi connectivity index (χ2n) is 2.12. The molecule has 1 heterocycles. The molecule has 0 fully saturated rings. The third-order valence-corrected chi connectivity index (χ3v) is 4.07. The molecule has 1 aromatic rings. The van der Waals surface area contributed by atoms with Gasteiger partial charge in [-0.15, -0.1) is 13.2 Å². The van der Waals surface area contributed by atoms with Crippen molar-refractivity contribution < 1.29 is 23.0 Å². The van der Waals surface area contributed by atoms with Gasteiger partial charge in [0.15, 0.2) is 5.75 Å². The quantitative estimate of drug-likeness (QED) is 0.697. The Balaban J connectivity index is 3.06. The van der Waals surface area contributed by atoms with Crippen LogP contribution in [-0.4, -0.2) is 16.5 Å². The lowest BCUT2D eigenvalue weighted by atomic mass is 10.4. The molecule has 78 valence electrons. The predicted molar refractivity (Wildman–Crippen MR) is 58.0 cm³/mol. The van der Waals surface area contributed by atoms with Crippen molar-refractivity contribution in [3.63, 3.8) is 0 Å². The number of nitrogens with zero attached hydrogens (tertiary/aromatic N) is 1. The minimum absolute atomic E-state index is 0.275. The number of rotatable bonds is 1. The standard InChI is InChI=1S/C6H2F3I2NO2/c7-6(8,9)14-5-4(13)3(11)2(10)1-12-5/h1,13H. The fourth-order valence-corrected chi connectivity index (χ4v) is 1.39. The molecule has 0 aliphatic carbocycles. The summed E-state index contributed by atoms with van der Waals surface area (Å²) >= 11 is 3.54. The lowest BCUT2D eigenvalue weighted by Crippen LogP contribution is -2.18. The average molecular weight is 431 g/mol. The van der Waals surface area contributed by atoms with Crippen molar-refractivity contribution in [3.05, 3.63) is 13.3 Å². The molecule has 0 radical (unpaired) electrons. The summed E-state index contributed by atoms with van der Waals surface area (Å²) < 4.78 is 39.7. The number of hydrogen-bond donors (Lipinski definition) is 1. The van der Waals surface area contributed by atoms with E-state index < -0.39 is 18.0 Å². The van der Waals surface area contributed by atoms with E-state index in [4.69, 9.17) is 0 Å². The molecule has 0 unspecified atom stereocenters. The first-order valence-electron chi connectivity index (χ1n) is 3.10. The molecule has 0 bridgehead atoms. The van der Waals surface area contributed by atoms with Crippen molar-refractivity contribution in [2.75, 3.05) is 0 Å². The zero-order chi connectivity index (χ0) is 10.9. The number of halogens is 5. The second kappa shape index (κ2) is 4.24. The fourth-order valence-electron chi connectivity index (χ4n) is 0.624. The van der Waals surface area contributed by atoms with Gasteiger partial charge in [0.1, 0.15) is 0 Å². The molecule has 0 spiro atoms. The molecule has 1 N–H and O–H groups in total. The third kappa shape index (κ3) is 3.00. The van der Waals surface area contributed by atoms with Gasteiger partial charge in [0.05, 0.1) is 3.57 Å². The summed E-state index contributed by atoms with van der Waals surface area (Å²) in [5.41, 5.74) is 0. The van der Waals surface area contributed by atoms with Crippen LogP contribution in [0.4, 0.5) is 13.2 Å². The molecule has 0 aliphatic heterocycles. The molecular formula is C6H2F3I2NO2. The van der Waals surface area contributed by atoms with Crippen molar-refractivity contribution in [3.8, 4) is 11.6 Å². The molecule has 0 saturated heterocycles. The largest absolute Gasteiger partial charge is 0.574 e. The predicted octanol–water partition coefficient (Wildman–Crippen LogP) is 2.89. The number of ether oxygens (including phenoxy) is 1. The van der Waals surface area contributed by atoms with Gasteiger partial charge in [0, 0.05) is 9.77 Å². The van der Waals surface area contributed by atoms with Gasteiger partial charge in [-0.2, -0.15) is 0 Å². The lowest BCUT2D eigenvalue weighted by molar-refractivity contribution is -0.276. The van der Waals surface area contributed by atoms with E-state index >= 15 is 0 Å². The summed E-state index contributed by atoms with van der Waals surface area (Å²) in [4.78, 5) is 3.32. The molecule has 1 aromatic heterocycles. The van der Waals surface area contributed by atoms with Crippen molar-refractivity contribution >= 4 is 45.2 Å². The molecule has 14 heavy (non-hydrogen) atoms. The first-order chi connectivity index (χ1) is 6.31. The van der Waals surface area contributed by atoms with E-state index in [-0.39, 0.29) is 3.57 Å². The van der Waals surface area contributed by atoms with Crippen molar-refractivity contribution in [2.45, 2.75) is 6.36 Å². The Labute approximate surface area is 104 Å². The van der Waals surface area contributed by atoms with Crippen molar-refractivity contribution in [1.82, 2.24) is 4.98 Å². The van der Waals surface area contributed by atoms with Crippen LogP contribution >= 0.6 is 45.2 Å². The Kier molecular flexibility index (Phi) is 3.66. The highest BCUT2D eigenvalue weighted by molar-refractivity contribution is 14.1. The van der Waals surface area contributed by atoms with Crippen LogP contribution in [-0.2, 0) is 0 Å². The van der Waals surface area contributed by atoms with Gasteiger partial charge in [0.2, 0.25) is 0 Å². The Bertz CT molecular complexity index is 356. The SMILES string of the molecule is Oc1c(OC(F)(F)F)ncc(I)c1I. The summed E-state index contributed by atoms with van der Waals surface area (Å²) in [6.07, 6.45) is -3.66. The minimum atomic E-state index is -4.85. The molecule has 8 heteroatoms. The molecular weight excluding hydrogens is 429 g/mol. The number of alkyl halides is 3. The Morgan fingerprint density at radius 3 is 2.43 bits per heavy atom. The first kappa shape index (κ1) is 12.1. The lowest BCUT2D eigenvalue weighted by Gasteiger charge is -2.10. The van der Waals surface area contributed by atoms with Crippen LogP contribution in [0.3, 0.4) is 0 Å². The number of aromatic hydroxyl groups is 1. The molecule has 3 nitrogen and oxygen atoms in total. The first-order valence-corrected chi connectivity index (χ1v) is 5.25.